The lowest BCUT2D eigenvalue weighted by molar-refractivity contribution is -0.108. The fourth-order valence-electron chi connectivity index (χ4n) is 1.12. The highest BCUT2D eigenvalue weighted by atomic mass is 35.5. The molecule has 0 aromatic carbocycles. The number of hydrogen-bond donors (Lipinski definition) is 0. The summed E-state index contributed by atoms with van der Waals surface area (Å²) in [5.74, 6) is 0. The molecule has 0 amide bonds. The lowest BCUT2D eigenvalue weighted by Crippen LogP contribution is -2.02. The number of carbonyl (C=O) groups excluding carboxylic acids is 1. The first-order chi connectivity index (χ1) is 5.13. The van der Waals surface area contributed by atoms with Crippen LogP contribution in [0.3, 0.4) is 0 Å². The minimum absolute atomic E-state index is 0.455. The van der Waals surface area contributed by atoms with E-state index in [-0.39, 0.29) is 0 Å². The summed E-state index contributed by atoms with van der Waals surface area (Å²) in [7, 11) is 0. The van der Waals surface area contributed by atoms with Crippen molar-refractivity contribution >= 4 is 28.4 Å². The van der Waals surface area contributed by atoms with Crippen LogP contribution in [0, 0.1) is 0 Å². The van der Waals surface area contributed by atoms with Crippen LogP contribution in [0.1, 0.15) is 19.8 Å². The maximum absolute atomic E-state index is 10.8. The molecule has 1 rings (SSSR count). The monoisotopic (exact) mass is 190 g/mol. The Morgan fingerprint density at radius 2 is 2.27 bits per heavy atom. The number of halogens is 2. The number of allylic oxidation sites excluding steroid dienone is 4. The van der Waals surface area contributed by atoms with E-state index >= 15 is 0 Å². The van der Waals surface area contributed by atoms with Crippen molar-refractivity contribution in [1.29, 1.82) is 0 Å². The first-order valence-electron chi connectivity index (χ1n) is 3.38. The van der Waals surface area contributed by atoms with Crippen LogP contribution >= 0.6 is 23.2 Å². The first-order valence-corrected chi connectivity index (χ1v) is 4.14. The summed E-state index contributed by atoms with van der Waals surface area (Å²) in [5.41, 5.74) is 1.38. The lowest BCUT2D eigenvalue weighted by atomic mass is 10.0. The van der Waals surface area contributed by atoms with E-state index in [0.29, 0.717) is 10.6 Å². The van der Waals surface area contributed by atoms with Crippen LogP contribution in [0.5, 0.6) is 0 Å². The zero-order chi connectivity index (χ0) is 8.43. The summed E-state index contributed by atoms with van der Waals surface area (Å²) >= 11 is 11.1. The minimum atomic E-state index is -0.455. The van der Waals surface area contributed by atoms with Crippen LogP contribution in [0.25, 0.3) is 0 Å². The third kappa shape index (κ3) is 1.85. The Balaban J connectivity index is 3.04. The van der Waals surface area contributed by atoms with Crippen LogP contribution in [0.15, 0.2) is 22.3 Å². The van der Waals surface area contributed by atoms with E-state index < -0.39 is 5.24 Å². The Bertz CT molecular complexity index is 251. The molecule has 0 aromatic rings. The summed E-state index contributed by atoms with van der Waals surface area (Å²) in [6, 6.07) is 0. The molecule has 3 heteroatoms. The third-order valence-corrected chi connectivity index (χ3v) is 2.24. The molecule has 1 nitrogen and oxygen atoms in total. The number of hydrogen-bond acceptors (Lipinski definition) is 1. The standard InChI is InChI=1S/C8H8Cl2O/c1-5-3-2-4-6(9)7(5)8(10)11/h3H,2,4H2,1H3. The van der Waals surface area contributed by atoms with E-state index in [4.69, 9.17) is 23.2 Å². The Hall–Kier alpha value is -0.270. The normalized spacial score (nSPS) is 18.3. The van der Waals surface area contributed by atoms with E-state index in [1.54, 1.807) is 0 Å². The van der Waals surface area contributed by atoms with Gasteiger partial charge in [-0.05, 0) is 36.9 Å². The van der Waals surface area contributed by atoms with Crippen molar-refractivity contribution in [2.75, 3.05) is 0 Å². The summed E-state index contributed by atoms with van der Waals surface area (Å²) in [4.78, 5) is 10.8. The topological polar surface area (TPSA) is 17.1 Å². The Labute approximate surface area is 75.7 Å². The summed E-state index contributed by atoms with van der Waals surface area (Å²) in [6.45, 7) is 1.84. The molecular weight excluding hydrogens is 183 g/mol. The Kier molecular flexibility index (Phi) is 2.74. The number of carbonyl (C=O) groups is 1. The highest BCUT2D eigenvalue weighted by Gasteiger charge is 2.16. The zero-order valence-electron chi connectivity index (χ0n) is 6.16. The summed E-state index contributed by atoms with van der Waals surface area (Å²) in [6.07, 6.45) is 3.60. The molecule has 1 aliphatic rings. The van der Waals surface area contributed by atoms with Gasteiger partial charge in [-0.2, -0.15) is 0 Å². The Morgan fingerprint density at radius 3 is 2.64 bits per heavy atom. The van der Waals surface area contributed by atoms with Gasteiger partial charge in [0, 0.05) is 5.03 Å². The van der Waals surface area contributed by atoms with E-state index in [0.717, 1.165) is 18.4 Å². The van der Waals surface area contributed by atoms with E-state index in [1.807, 2.05) is 13.0 Å². The highest BCUT2D eigenvalue weighted by Crippen LogP contribution is 2.28. The third-order valence-electron chi connectivity index (χ3n) is 1.68. The van der Waals surface area contributed by atoms with Gasteiger partial charge < -0.3 is 0 Å². The highest BCUT2D eigenvalue weighted by molar-refractivity contribution is 6.69. The van der Waals surface area contributed by atoms with Crippen molar-refractivity contribution in [3.63, 3.8) is 0 Å². The van der Waals surface area contributed by atoms with Crippen molar-refractivity contribution in [2.24, 2.45) is 0 Å². The molecule has 0 saturated heterocycles. The second kappa shape index (κ2) is 3.42. The molecule has 0 heterocycles. The predicted octanol–water partition coefficient (Wildman–Crippen LogP) is 2.98. The lowest BCUT2D eigenvalue weighted by Gasteiger charge is -2.11. The molecule has 1 aliphatic carbocycles. The van der Waals surface area contributed by atoms with Crippen LogP contribution in [0.2, 0.25) is 0 Å². The first kappa shape index (κ1) is 8.82. The van der Waals surface area contributed by atoms with Crippen LogP contribution < -0.4 is 0 Å². The van der Waals surface area contributed by atoms with Crippen LogP contribution in [0.4, 0.5) is 0 Å². The molecule has 0 fully saturated rings. The van der Waals surface area contributed by atoms with Gasteiger partial charge in [0.25, 0.3) is 5.24 Å². The second-order valence-electron chi connectivity index (χ2n) is 2.48. The fourth-order valence-corrected chi connectivity index (χ4v) is 1.77. The average molecular weight is 191 g/mol. The van der Waals surface area contributed by atoms with Gasteiger partial charge in [-0.1, -0.05) is 17.7 Å². The van der Waals surface area contributed by atoms with Crippen LogP contribution in [-0.2, 0) is 4.79 Å². The molecule has 0 N–H and O–H groups in total. The van der Waals surface area contributed by atoms with Gasteiger partial charge >= 0.3 is 0 Å². The molecule has 0 aliphatic heterocycles. The molecule has 0 unspecified atom stereocenters. The summed E-state index contributed by atoms with van der Waals surface area (Å²) < 4.78 is 0. The van der Waals surface area contributed by atoms with Gasteiger partial charge in [-0.25, -0.2) is 0 Å². The van der Waals surface area contributed by atoms with Gasteiger partial charge in [-0.3, -0.25) is 4.79 Å². The molecule has 0 spiro atoms. The van der Waals surface area contributed by atoms with Gasteiger partial charge in [0.1, 0.15) is 0 Å². The molecule has 11 heavy (non-hydrogen) atoms. The average Bonchev–Trinajstić information content (AvgIpc) is 1.85. The van der Waals surface area contributed by atoms with Crippen LogP contribution in [-0.4, -0.2) is 5.24 Å². The van der Waals surface area contributed by atoms with Gasteiger partial charge in [0.2, 0.25) is 0 Å². The van der Waals surface area contributed by atoms with Crippen molar-refractivity contribution in [3.05, 3.63) is 22.3 Å². The van der Waals surface area contributed by atoms with E-state index in [9.17, 15) is 4.79 Å². The molecule has 60 valence electrons. The Morgan fingerprint density at radius 1 is 1.64 bits per heavy atom. The quantitative estimate of drug-likeness (QED) is 0.582. The minimum Gasteiger partial charge on any atom is -0.276 e. The summed E-state index contributed by atoms with van der Waals surface area (Å²) in [5, 5.41) is 0.133. The van der Waals surface area contributed by atoms with Crippen molar-refractivity contribution in [2.45, 2.75) is 19.8 Å². The van der Waals surface area contributed by atoms with E-state index in [1.165, 1.54) is 0 Å². The van der Waals surface area contributed by atoms with E-state index in [2.05, 4.69) is 0 Å². The molecule has 0 bridgehead atoms. The molecule has 0 radical (unpaired) electrons. The van der Waals surface area contributed by atoms with Crippen molar-refractivity contribution in [1.82, 2.24) is 0 Å². The largest absolute Gasteiger partial charge is 0.276 e. The van der Waals surface area contributed by atoms with Gasteiger partial charge in [-0.15, -0.1) is 0 Å². The van der Waals surface area contributed by atoms with Crippen molar-refractivity contribution < 1.29 is 4.79 Å². The second-order valence-corrected chi connectivity index (χ2v) is 3.28. The zero-order valence-corrected chi connectivity index (χ0v) is 7.67. The predicted molar refractivity (Wildman–Crippen MR) is 46.7 cm³/mol. The maximum Gasteiger partial charge on any atom is 0.253 e. The maximum atomic E-state index is 10.8. The van der Waals surface area contributed by atoms with Gasteiger partial charge in [0.15, 0.2) is 0 Å². The smallest absolute Gasteiger partial charge is 0.253 e. The molecule has 0 saturated carbocycles. The molecule has 0 aromatic heterocycles. The van der Waals surface area contributed by atoms with Gasteiger partial charge in [0.05, 0.1) is 5.57 Å². The molecule has 0 atom stereocenters. The number of rotatable bonds is 1. The SMILES string of the molecule is CC1=CCCC(Cl)=C1C(=O)Cl. The van der Waals surface area contributed by atoms with Crippen molar-refractivity contribution in [3.8, 4) is 0 Å². The fraction of sp³-hybridized carbons (Fsp3) is 0.375. The molecular formula is C8H8Cl2O.